The van der Waals surface area contributed by atoms with E-state index in [2.05, 4.69) is 72.9 Å². The number of thiophene rings is 1. The number of anilines is 4. The maximum atomic E-state index is 9.50. The number of nitrogens with one attached hydrogen (secondary N) is 4. The van der Waals surface area contributed by atoms with Crippen molar-refractivity contribution in [3.8, 4) is 0 Å². The summed E-state index contributed by atoms with van der Waals surface area (Å²) in [5.41, 5.74) is 2.06. The number of halogens is 1. The van der Waals surface area contributed by atoms with Crippen molar-refractivity contribution in [2.24, 2.45) is 0 Å². The standard InChI is InChI=1S/C22H27N7S.CH3F/c1-2-5-16(6-3-1)26-22-27-19-15-25-21(24-13-10-18-7-4-14-30-18)28-20(19)29(22)17-8-11-23-12-9-17;1-2/h1-7,14-15,17,22-23,26-27H,8-13H2,(H,24,25,28);1H3. The van der Waals surface area contributed by atoms with Crippen LogP contribution in [-0.2, 0) is 6.42 Å². The Morgan fingerprint density at radius 3 is 2.69 bits per heavy atom. The Morgan fingerprint density at radius 1 is 1.12 bits per heavy atom. The minimum Gasteiger partial charge on any atom is -0.354 e. The van der Waals surface area contributed by atoms with Crippen molar-refractivity contribution in [2.75, 3.05) is 47.7 Å². The molecule has 2 aliphatic rings. The number of para-hydroxylation sites is 1. The summed E-state index contributed by atoms with van der Waals surface area (Å²) in [5, 5.41) is 16.2. The molecule has 1 fully saturated rings. The van der Waals surface area contributed by atoms with E-state index in [9.17, 15) is 4.39 Å². The van der Waals surface area contributed by atoms with E-state index < -0.39 is 0 Å². The zero-order valence-corrected chi connectivity index (χ0v) is 19.0. The van der Waals surface area contributed by atoms with Gasteiger partial charge >= 0.3 is 0 Å². The van der Waals surface area contributed by atoms with Crippen LogP contribution in [0.1, 0.15) is 17.7 Å². The molecule has 1 saturated heterocycles. The zero-order chi connectivity index (χ0) is 22.2. The van der Waals surface area contributed by atoms with Crippen LogP contribution >= 0.6 is 11.3 Å². The Hall–Kier alpha value is -2.91. The van der Waals surface area contributed by atoms with Gasteiger partial charge in [0.2, 0.25) is 5.95 Å². The molecule has 4 N–H and O–H groups in total. The number of hydrogen-bond acceptors (Lipinski definition) is 8. The van der Waals surface area contributed by atoms with Crippen LogP contribution in [0, 0.1) is 0 Å². The van der Waals surface area contributed by atoms with E-state index in [-0.39, 0.29) is 6.29 Å². The second-order valence-electron chi connectivity index (χ2n) is 7.63. The van der Waals surface area contributed by atoms with Gasteiger partial charge in [0.1, 0.15) is 0 Å². The van der Waals surface area contributed by atoms with Gasteiger partial charge in [-0.3, -0.25) is 4.39 Å². The number of alkyl halides is 1. The maximum Gasteiger partial charge on any atom is 0.224 e. The summed E-state index contributed by atoms with van der Waals surface area (Å²) in [4.78, 5) is 13.2. The van der Waals surface area contributed by atoms with E-state index in [1.54, 1.807) is 11.3 Å². The van der Waals surface area contributed by atoms with Crippen molar-refractivity contribution in [1.82, 2.24) is 15.3 Å². The Morgan fingerprint density at radius 2 is 1.94 bits per heavy atom. The third-order valence-electron chi connectivity index (χ3n) is 5.60. The van der Waals surface area contributed by atoms with Crippen molar-refractivity contribution in [3.63, 3.8) is 0 Å². The molecular weight excluding hydrogens is 425 g/mol. The van der Waals surface area contributed by atoms with E-state index in [0.29, 0.717) is 19.2 Å². The molecule has 4 heterocycles. The molecule has 0 saturated carbocycles. The molecule has 0 aliphatic carbocycles. The van der Waals surface area contributed by atoms with Crippen LogP contribution in [0.2, 0.25) is 0 Å². The Bertz CT molecular complexity index is 948. The minimum absolute atomic E-state index is 0.0406. The van der Waals surface area contributed by atoms with Gasteiger partial charge in [0.25, 0.3) is 0 Å². The van der Waals surface area contributed by atoms with Gasteiger partial charge in [0.15, 0.2) is 12.1 Å². The molecule has 0 radical (unpaired) electrons. The second kappa shape index (κ2) is 11.1. The summed E-state index contributed by atoms with van der Waals surface area (Å²) >= 11 is 1.79. The first-order chi connectivity index (χ1) is 15.9. The molecule has 32 heavy (non-hydrogen) atoms. The van der Waals surface area contributed by atoms with Gasteiger partial charge in [0.05, 0.1) is 19.1 Å². The third kappa shape index (κ3) is 5.28. The fourth-order valence-corrected chi connectivity index (χ4v) is 4.82. The van der Waals surface area contributed by atoms with Crippen molar-refractivity contribution in [3.05, 3.63) is 58.9 Å². The van der Waals surface area contributed by atoms with Crippen LogP contribution in [-0.4, -0.2) is 49.1 Å². The Kier molecular flexibility index (Phi) is 7.73. The van der Waals surface area contributed by atoms with Gasteiger partial charge in [-0.05, 0) is 55.9 Å². The summed E-state index contributed by atoms with van der Waals surface area (Å²) in [7, 11) is 0.500. The van der Waals surface area contributed by atoms with Gasteiger partial charge in [0, 0.05) is 23.2 Å². The first kappa shape index (κ1) is 22.3. The lowest BCUT2D eigenvalue weighted by molar-refractivity contribution is 0.420. The molecule has 170 valence electrons. The molecule has 0 amide bonds. The number of piperidine rings is 1. The van der Waals surface area contributed by atoms with E-state index >= 15 is 0 Å². The average molecular weight is 456 g/mol. The third-order valence-corrected chi connectivity index (χ3v) is 6.53. The lowest BCUT2D eigenvalue weighted by Gasteiger charge is -2.37. The van der Waals surface area contributed by atoms with Crippen molar-refractivity contribution in [2.45, 2.75) is 31.6 Å². The van der Waals surface area contributed by atoms with E-state index in [0.717, 1.165) is 56.1 Å². The van der Waals surface area contributed by atoms with Crippen LogP contribution in [0.5, 0.6) is 0 Å². The monoisotopic (exact) mass is 455 g/mol. The molecule has 2 aliphatic heterocycles. The summed E-state index contributed by atoms with van der Waals surface area (Å²) in [6, 6.07) is 15.0. The molecule has 2 aromatic heterocycles. The molecular formula is C23H30FN7S. The van der Waals surface area contributed by atoms with Crippen LogP contribution in [0.3, 0.4) is 0 Å². The predicted molar refractivity (Wildman–Crippen MR) is 131 cm³/mol. The molecule has 0 bridgehead atoms. The van der Waals surface area contributed by atoms with Crippen molar-refractivity contribution in [1.29, 1.82) is 0 Å². The van der Waals surface area contributed by atoms with Crippen LogP contribution < -0.4 is 26.2 Å². The topological polar surface area (TPSA) is 77.1 Å². The van der Waals surface area contributed by atoms with Gasteiger partial charge in [-0.15, -0.1) is 11.3 Å². The molecule has 1 unspecified atom stereocenters. The summed E-state index contributed by atoms with van der Waals surface area (Å²) < 4.78 is 9.50. The van der Waals surface area contributed by atoms with E-state index in [1.165, 1.54) is 4.88 Å². The molecule has 0 spiro atoms. The first-order valence-electron chi connectivity index (χ1n) is 10.9. The largest absolute Gasteiger partial charge is 0.354 e. The minimum atomic E-state index is -0.0406. The average Bonchev–Trinajstić information content (AvgIpc) is 3.49. The number of hydrogen-bond donors (Lipinski definition) is 4. The summed E-state index contributed by atoms with van der Waals surface area (Å²) in [6.45, 7) is 2.89. The van der Waals surface area contributed by atoms with Gasteiger partial charge in [-0.25, -0.2) is 4.98 Å². The fraction of sp³-hybridized carbons (Fsp3) is 0.391. The predicted octanol–water partition coefficient (Wildman–Crippen LogP) is 4.16. The summed E-state index contributed by atoms with van der Waals surface area (Å²) in [5.74, 6) is 1.66. The lowest BCUT2D eigenvalue weighted by atomic mass is 10.1. The van der Waals surface area contributed by atoms with Crippen LogP contribution in [0.15, 0.2) is 54.0 Å². The number of aromatic nitrogens is 2. The molecule has 3 aromatic rings. The van der Waals surface area contributed by atoms with Crippen molar-refractivity contribution >= 4 is 34.5 Å². The molecule has 9 heteroatoms. The number of rotatable bonds is 7. The lowest BCUT2D eigenvalue weighted by Crippen LogP contribution is -2.51. The van der Waals surface area contributed by atoms with Gasteiger partial charge < -0.3 is 26.2 Å². The Balaban J connectivity index is 0.00000119. The molecule has 5 rings (SSSR count). The first-order valence-corrected chi connectivity index (χ1v) is 11.8. The number of fused-ring (bicyclic) bond motifs is 1. The van der Waals surface area contributed by atoms with Crippen LogP contribution in [0.4, 0.5) is 27.5 Å². The quantitative estimate of drug-likeness (QED) is 0.426. The second-order valence-corrected chi connectivity index (χ2v) is 8.66. The van der Waals surface area contributed by atoms with Gasteiger partial charge in [-0.1, -0.05) is 24.3 Å². The van der Waals surface area contributed by atoms with Gasteiger partial charge in [-0.2, -0.15) is 4.98 Å². The van der Waals surface area contributed by atoms with Crippen molar-refractivity contribution < 1.29 is 4.39 Å². The summed E-state index contributed by atoms with van der Waals surface area (Å²) in [6.07, 6.45) is 5.03. The highest BCUT2D eigenvalue weighted by Gasteiger charge is 2.36. The van der Waals surface area contributed by atoms with E-state index in [4.69, 9.17) is 4.98 Å². The SMILES string of the molecule is CF.c1ccc(NC2Nc3cnc(NCCc4cccs4)nc3N2C2CCNCC2)cc1. The molecule has 1 aromatic carbocycles. The Labute approximate surface area is 192 Å². The molecule has 1 atom stereocenters. The van der Waals surface area contributed by atoms with Crippen LogP contribution in [0.25, 0.3) is 0 Å². The molecule has 7 nitrogen and oxygen atoms in total. The highest BCUT2D eigenvalue weighted by Crippen LogP contribution is 2.36. The number of nitrogens with zero attached hydrogens (tertiary/aromatic N) is 3. The highest BCUT2D eigenvalue weighted by atomic mass is 32.1. The maximum absolute atomic E-state index is 9.50. The highest BCUT2D eigenvalue weighted by molar-refractivity contribution is 7.09. The fourth-order valence-electron chi connectivity index (χ4n) is 4.11. The van der Waals surface area contributed by atoms with E-state index in [1.807, 2.05) is 12.3 Å². The smallest absolute Gasteiger partial charge is 0.224 e. The normalized spacial score (nSPS) is 17.7. The zero-order valence-electron chi connectivity index (χ0n) is 18.2. The number of benzene rings is 1.